The second-order valence-corrected chi connectivity index (χ2v) is 12.3. The van der Waals surface area contributed by atoms with Crippen LogP contribution in [0.15, 0.2) is 78.9 Å². The summed E-state index contributed by atoms with van der Waals surface area (Å²) in [5, 5.41) is 3.18. The highest BCUT2D eigenvalue weighted by molar-refractivity contribution is 7.92. The number of anilines is 1. The molecule has 1 N–H and O–H groups in total. The maximum atomic E-state index is 14.1. The zero-order valence-electron chi connectivity index (χ0n) is 22.8. The van der Waals surface area contributed by atoms with Crippen LogP contribution in [0.1, 0.15) is 30.5 Å². The van der Waals surface area contributed by atoms with Crippen LogP contribution in [0.2, 0.25) is 5.02 Å². The van der Waals surface area contributed by atoms with Gasteiger partial charge in [0.1, 0.15) is 12.6 Å². The number of carbonyl (C=O) groups is 2. The Morgan fingerprint density at radius 3 is 2.15 bits per heavy atom. The highest BCUT2D eigenvalue weighted by atomic mass is 35.5. The zero-order valence-corrected chi connectivity index (χ0v) is 24.4. The number of halogens is 1. The van der Waals surface area contributed by atoms with Crippen LogP contribution in [-0.4, -0.2) is 50.5 Å². The molecule has 1 atom stereocenters. The largest absolute Gasteiger partial charge is 0.354 e. The van der Waals surface area contributed by atoms with Crippen molar-refractivity contribution < 1.29 is 18.0 Å². The van der Waals surface area contributed by atoms with Gasteiger partial charge in [0, 0.05) is 19.5 Å². The van der Waals surface area contributed by atoms with Gasteiger partial charge in [0.05, 0.1) is 17.0 Å². The van der Waals surface area contributed by atoms with Crippen LogP contribution < -0.4 is 9.62 Å². The van der Waals surface area contributed by atoms with E-state index in [2.05, 4.69) is 5.32 Å². The third-order valence-corrected chi connectivity index (χ3v) is 7.80. The summed E-state index contributed by atoms with van der Waals surface area (Å²) in [5.41, 5.74) is 2.91. The number of amides is 2. The average molecular weight is 570 g/mol. The van der Waals surface area contributed by atoms with Gasteiger partial charge < -0.3 is 10.2 Å². The molecule has 0 spiro atoms. The van der Waals surface area contributed by atoms with Crippen molar-refractivity contribution in [1.29, 1.82) is 0 Å². The SMILES string of the molecule is Cc1ccccc1CN(C(=O)CN(c1ccccc1Cl)S(C)(=O)=O)[C@H](Cc1ccccc1)C(=O)NCC(C)C. The van der Waals surface area contributed by atoms with Crippen molar-refractivity contribution in [3.8, 4) is 0 Å². The molecule has 0 saturated heterocycles. The van der Waals surface area contributed by atoms with Gasteiger partial charge in [-0.1, -0.05) is 92.2 Å². The van der Waals surface area contributed by atoms with Gasteiger partial charge in [-0.25, -0.2) is 8.42 Å². The van der Waals surface area contributed by atoms with Crippen LogP contribution in [0.4, 0.5) is 5.69 Å². The summed E-state index contributed by atoms with van der Waals surface area (Å²) in [5.74, 6) is -0.588. The molecule has 0 radical (unpaired) electrons. The number of hydrogen-bond acceptors (Lipinski definition) is 4. The van der Waals surface area contributed by atoms with Crippen LogP contribution in [0.3, 0.4) is 0 Å². The first kappa shape index (κ1) is 30.2. The van der Waals surface area contributed by atoms with E-state index in [0.717, 1.165) is 27.3 Å². The summed E-state index contributed by atoms with van der Waals surface area (Å²) in [7, 11) is -3.88. The van der Waals surface area contributed by atoms with Crippen molar-refractivity contribution >= 4 is 39.1 Å². The highest BCUT2D eigenvalue weighted by Crippen LogP contribution is 2.28. The van der Waals surface area contributed by atoms with Gasteiger partial charge in [0.25, 0.3) is 0 Å². The second kappa shape index (κ2) is 13.6. The lowest BCUT2D eigenvalue weighted by atomic mass is 10.0. The average Bonchev–Trinajstić information content (AvgIpc) is 2.89. The van der Waals surface area contributed by atoms with Gasteiger partial charge >= 0.3 is 0 Å². The van der Waals surface area contributed by atoms with E-state index >= 15 is 0 Å². The second-order valence-electron chi connectivity index (χ2n) is 10.0. The predicted molar refractivity (Wildman–Crippen MR) is 157 cm³/mol. The van der Waals surface area contributed by atoms with Crippen molar-refractivity contribution in [3.05, 3.63) is 101 Å². The van der Waals surface area contributed by atoms with Crippen LogP contribution in [0.25, 0.3) is 0 Å². The number of sulfonamides is 1. The van der Waals surface area contributed by atoms with E-state index in [9.17, 15) is 18.0 Å². The molecule has 0 unspecified atom stereocenters. The van der Waals surface area contributed by atoms with E-state index in [0.29, 0.717) is 6.54 Å². The molecule has 0 aliphatic heterocycles. The number of aryl methyl sites for hydroxylation is 1. The molecule has 9 heteroatoms. The molecule has 0 heterocycles. The summed E-state index contributed by atoms with van der Waals surface area (Å²) in [6.07, 6.45) is 1.31. The molecule has 0 fully saturated rings. The van der Waals surface area contributed by atoms with E-state index in [1.807, 2.05) is 75.4 Å². The van der Waals surface area contributed by atoms with Crippen LogP contribution >= 0.6 is 11.6 Å². The van der Waals surface area contributed by atoms with Crippen molar-refractivity contribution in [1.82, 2.24) is 10.2 Å². The molecule has 0 bridgehead atoms. The van der Waals surface area contributed by atoms with Gasteiger partial charge in [0.15, 0.2) is 0 Å². The maximum absolute atomic E-state index is 14.1. The van der Waals surface area contributed by atoms with Crippen LogP contribution in [-0.2, 0) is 32.6 Å². The molecule has 3 aromatic carbocycles. The number of nitrogens with zero attached hydrogens (tertiary/aromatic N) is 2. The maximum Gasteiger partial charge on any atom is 0.244 e. The molecular weight excluding hydrogens is 534 g/mol. The van der Waals surface area contributed by atoms with E-state index in [4.69, 9.17) is 11.6 Å². The first-order valence-electron chi connectivity index (χ1n) is 12.8. The minimum atomic E-state index is -3.88. The van der Waals surface area contributed by atoms with Gasteiger partial charge in [0.2, 0.25) is 21.8 Å². The predicted octanol–water partition coefficient (Wildman–Crippen LogP) is 4.83. The summed E-state index contributed by atoms with van der Waals surface area (Å²) in [6, 6.07) is 22.7. The first-order valence-corrected chi connectivity index (χ1v) is 15.1. The first-order chi connectivity index (χ1) is 18.5. The number of para-hydroxylation sites is 1. The zero-order chi connectivity index (χ0) is 28.6. The summed E-state index contributed by atoms with van der Waals surface area (Å²) in [4.78, 5) is 29.2. The lowest BCUT2D eigenvalue weighted by Gasteiger charge is -2.34. The Labute approximate surface area is 236 Å². The van der Waals surface area contributed by atoms with E-state index in [1.54, 1.807) is 24.3 Å². The summed E-state index contributed by atoms with van der Waals surface area (Å²) < 4.78 is 26.7. The number of nitrogens with one attached hydrogen (secondary N) is 1. The van der Waals surface area contributed by atoms with Gasteiger partial charge in [-0.15, -0.1) is 0 Å². The lowest BCUT2D eigenvalue weighted by Crippen LogP contribution is -2.53. The Bertz CT molecular complexity index is 1380. The highest BCUT2D eigenvalue weighted by Gasteiger charge is 2.33. The summed E-state index contributed by atoms with van der Waals surface area (Å²) in [6.45, 7) is 6.02. The van der Waals surface area contributed by atoms with E-state index in [-0.39, 0.29) is 35.5 Å². The molecule has 39 heavy (non-hydrogen) atoms. The molecule has 0 aromatic heterocycles. The van der Waals surface area contributed by atoms with Crippen LogP contribution in [0.5, 0.6) is 0 Å². The summed E-state index contributed by atoms with van der Waals surface area (Å²) >= 11 is 6.33. The number of hydrogen-bond donors (Lipinski definition) is 1. The topological polar surface area (TPSA) is 86.8 Å². The normalized spacial score (nSPS) is 12.2. The van der Waals surface area contributed by atoms with Crippen molar-refractivity contribution in [2.75, 3.05) is 23.7 Å². The minimum Gasteiger partial charge on any atom is -0.354 e. The van der Waals surface area contributed by atoms with Gasteiger partial charge in [-0.05, 0) is 41.7 Å². The lowest BCUT2D eigenvalue weighted by molar-refractivity contribution is -0.140. The Morgan fingerprint density at radius 2 is 1.54 bits per heavy atom. The molecule has 7 nitrogen and oxygen atoms in total. The molecule has 3 rings (SSSR count). The standard InChI is InChI=1S/C30H36ClN3O4S/c1-22(2)19-32-30(36)28(18-24-13-6-5-7-14-24)33(20-25-15-9-8-12-23(25)3)29(35)21-34(39(4,37)38)27-17-11-10-16-26(27)31/h5-17,22,28H,18-21H2,1-4H3,(H,32,36)/t28-/m1/s1. The smallest absolute Gasteiger partial charge is 0.244 e. The molecule has 208 valence electrons. The fourth-order valence-corrected chi connectivity index (χ4v) is 5.35. The van der Waals surface area contributed by atoms with Gasteiger partial charge in [-0.3, -0.25) is 13.9 Å². The molecule has 0 aliphatic carbocycles. The van der Waals surface area contributed by atoms with Crippen molar-refractivity contribution in [2.24, 2.45) is 5.92 Å². The third-order valence-electron chi connectivity index (χ3n) is 6.36. The fraction of sp³-hybridized carbons (Fsp3) is 0.333. The minimum absolute atomic E-state index is 0.137. The Morgan fingerprint density at radius 1 is 0.923 bits per heavy atom. The number of benzene rings is 3. The van der Waals surface area contributed by atoms with Crippen molar-refractivity contribution in [2.45, 2.75) is 39.8 Å². The molecule has 3 aromatic rings. The van der Waals surface area contributed by atoms with Crippen LogP contribution in [0, 0.1) is 12.8 Å². The molecule has 0 saturated carbocycles. The molecule has 0 aliphatic rings. The van der Waals surface area contributed by atoms with E-state index < -0.39 is 28.5 Å². The van der Waals surface area contributed by atoms with Gasteiger partial charge in [-0.2, -0.15) is 0 Å². The monoisotopic (exact) mass is 569 g/mol. The number of carbonyl (C=O) groups excluding carboxylic acids is 2. The fourth-order valence-electron chi connectivity index (χ4n) is 4.20. The molecular formula is C30H36ClN3O4S. The number of rotatable bonds is 12. The Balaban J connectivity index is 2.06. The van der Waals surface area contributed by atoms with E-state index in [1.165, 1.54) is 4.90 Å². The molecule has 2 amide bonds. The van der Waals surface area contributed by atoms with Crippen molar-refractivity contribution in [3.63, 3.8) is 0 Å². The third kappa shape index (κ3) is 8.57. The Hall–Kier alpha value is -3.36. The Kier molecular flexibility index (Phi) is 10.5. The quantitative estimate of drug-likeness (QED) is 0.338.